The van der Waals surface area contributed by atoms with Gasteiger partial charge in [0.2, 0.25) is 0 Å². The fourth-order valence-corrected chi connectivity index (χ4v) is 0.563. The van der Waals surface area contributed by atoms with Crippen molar-refractivity contribution < 1.29 is 5.11 Å². The summed E-state index contributed by atoms with van der Waals surface area (Å²) in [6.07, 6.45) is 0. The smallest absolute Gasteiger partial charge is 0.118 e. The number of benzene rings is 1. The summed E-state index contributed by atoms with van der Waals surface area (Å²) in [7, 11) is 0. The molecule has 1 N–H and O–H groups in total. The van der Waals surface area contributed by atoms with Gasteiger partial charge in [0, 0.05) is 6.57 Å². The Morgan fingerprint density at radius 1 is 1.30 bits per heavy atom. The van der Waals surface area contributed by atoms with Crippen molar-refractivity contribution in [1.82, 2.24) is 0 Å². The predicted octanol–water partition coefficient (Wildman–Crippen LogP) is 1.84. The van der Waals surface area contributed by atoms with Crippen molar-refractivity contribution in [3.8, 4) is 12.3 Å². The first-order chi connectivity index (χ1) is 4.80. The van der Waals surface area contributed by atoms with E-state index < -0.39 is 0 Å². The minimum absolute atomic E-state index is 0.368. The van der Waals surface area contributed by atoms with Crippen LogP contribution < -0.4 is 0 Å². The molecule has 0 heterocycles. The minimum Gasteiger partial charge on any atom is -0.508 e. The summed E-state index contributed by atoms with van der Waals surface area (Å²) in [6, 6.07) is 7.25. The topological polar surface area (TPSA) is 44.0 Å². The summed E-state index contributed by atoms with van der Waals surface area (Å²) in [5.74, 6) is 0.368. The Morgan fingerprint density at radius 2 is 1.80 bits per heavy atom. The van der Waals surface area contributed by atoms with E-state index in [1.54, 1.807) is 6.07 Å². The van der Waals surface area contributed by atoms with E-state index in [9.17, 15) is 0 Å². The average molecular weight is 135 g/mol. The van der Waals surface area contributed by atoms with Crippen LogP contribution >= 0.6 is 0 Å². The molecule has 10 heavy (non-hydrogen) atoms. The van der Waals surface area contributed by atoms with Crippen molar-refractivity contribution in [3.05, 3.63) is 29.8 Å². The standard InChI is InChI=1S/C7H8O.CHN/c1-6-4-2-3-5-7(6)8;1-2/h2-5,8H,1H3;1H. The van der Waals surface area contributed by atoms with Crippen LogP contribution in [-0.4, -0.2) is 5.11 Å². The molecule has 0 fully saturated rings. The highest BCUT2D eigenvalue weighted by Crippen LogP contribution is 2.12. The molecule has 0 aromatic heterocycles. The molecule has 0 radical (unpaired) electrons. The lowest BCUT2D eigenvalue weighted by molar-refractivity contribution is 0.471. The molecule has 0 atom stereocenters. The Labute approximate surface area is 60.4 Å². The van der Waals surface area contributed by atoms with Crippen LogP contribution in [0.2, 0.25) is 0 Å². The number of aryl methyl sites for hydroxylation is 1. The van der Waals surface area contributed by atoms with Gasteiger partial charge in [0.1, 0.15) is 5.75 Å². The molecule has 1 aromatic rings. The van der Waals surface area contributed by atoms with Crippen LogP contribution in [0.5, 0.6) is 5.75 Å². The van der Waals surface area contributed by atoms with Gasteiger partial charge in [0.25, 0.3) is 0 Å². The summed E-state index contributed by atoms with van der Waals surface area (Å²) in [4.78, 5) is 0. The summed E-state index contributed by atoms with van der Waals surface area (Å²) < 4.78 is 0. The highest BCUT2D eigenvalue weighted by molar-refractivity contribution is 5.29. The molecule has 52 valence electrons. The monoisotopic (exact) mass is 135 g/mol. The Kier molecular flexibility index (Phi) is 3.74. The molecule has 1 rings (SSSR count). The lowest BCUT2D eigenvalue weighted by Gasteiger charge is -1.92. The fraction of sp³-hybridized carbons (Fsp3) is 0.125. The molecule has 0 saturated heterocycles. The molecule has 1 aromatic carbocycles. The van der Waals surface area contributed by atoms with Crippen LogP contribution in [0.15, 0.2) is 24.3 Å². The van der Waals surface area contributed by atoms with Crippen LogP contribution in [0.25, 0.3) is 0 Å². The van der Waals surface area contributed by atoms with Gasteiger partial charge in [-0.3, -0.25) is 0 Å². The molecule has 2 nitrogen and oxygen atoms in total. The summed E-state index contributed by atoms with van der Waals surface area (Å²) >= 11 is 0. The largest absolute Gasteiger partial charge is 0.508 e. The Hall–Kier alpha value is -1.49. The molecule has 0 unspecified atom stereocenters. The third-order valence-corrected chi connectivity index (χ3v) is 1.12. The lowest BCUT2D eigenvalue weighted by atomic mass is 10.2. The second-order valence-corrected chi connectivity index (χ2v) is 1.79. The lowest BCUT2D eigenvalue weighted by Crippen LogP contribution is -1.68. The van der Waals surface area contributed by atoms with E-state index in [-0.39, 0.29) is 0 Å². The number of para-hydroxylation sites is 1. The number of rotatable bonds is 0. The number of aromatic hydroxyl groups is 1. The van der Waals surface area contributed by atoms with Gasteiger partial charge in [0.05, 0.1) is 0 Å². The molecular formula is C8H9NO. The first-order valence-corrected chi connectivity index (χ1v) is 2.81. The maximum absolute atomic E-state index is 8.92. The molecular weight excluding hydrogens is 126 g/mol. The number of nitrogens with zero attached hydrogens (tertiary/aromatic N) is 1. The van der Waals surface area contributed by atoms with Crippen LogP contribution in [0, 0.1) is 18.8 Å². The number of phenols is 1. The van der Waals surface area contributed by atoms with E-state index in [1.807, 2.05) is 25.1 Å². The van der Waals surface area contributed by atoms with E-state index in [0.717, 1.165) is 5.56 Å². The van der Waals surface area contributed by atoms with Crippen molar-refractivity contribution in [2.45, 2.75) is 6.92 Å². The van der Waals surface area contributed by atoms with E-state index in [2.05, 4.69) is 6.57 Å². The molecule has 2 heteroatoms. The van der Waals surface area contributed by atoms with Crippen LogP contribution in [0.1, 0.15) is 5.56 Å². The van der Waals surface area contributed by atoms with E-state index in [0.29, 0.717) is 5.75 Å². The molecule has 0 spiro atoms. The second-order valence-electron chi connectivity index (χ2n) is 1.79. The van der Waals surface area contributed by atoms with Crippen LogP contribution in [0.4, 0.5) is 0 Å². The van der Waals surface area contributed by atoms with E-state index in [1.165, 1.54) is 0 Å². The summed E-state index contributed by atoms with van der Waals surface area (Å²) in [5, 5.41) is 15.4. The number of hydrogen-bond acceptors (Lipinski definition) is 2. The maximum atomic E-state index is 8.92. The van der Waals surface area contributed by atoms with Crippen molar-refractivity contribution in [3.63, 3.8) is 0 Å². The molecule has 0 aliphatic carbocycles. The SMILES string of the molecule is C#N.Cc1ccccc1O. The van der Waals surface area contributed by atoms with E-state index >= 15 is 0 Å². The van der Waals surface area contributed by atoms with Crippen molar-refractivity contribution in [2.75, 3.05) is 0 Å². The van der Waals surface area contributed by atoms with Gasteiger partial charge in [-0.05, 0) is 18.6 Å². The molecule has 0 saturated carbocycles. The summed E-state index contributed by atoms with van der Waals surface area (Å²) in [6.45, 7) is 5.37. The fourth-order valence-electron chi connectivity index (χ4n) is 0.563. The maximum Gasteiger partial charge on any atom is 0.118 e. The highest BCUT2D eigenvalue weighted by Gasteiger charge is 1.86. The quantitative estimate of drug-likeness (QED) is 0.589. The van der Waals surface area contributed by atoms with Crippen molar-refractivity contribution in [2.24, 2.45) is 0 Å². The number of nitriles is 1. The minimum atomic E-state index is 0.368. The van der Waals surface area contributed by atoms with Gasteiger partial charge in [-0.15, -0.1) is 0 Å². The van der Waals surface area contributed by atoms with Gasteiger partial charge < -0.3 is 5.11 Å². The van der Waals surface area contributed by atoms with Gasteiger partial charge in [-0.1, -0.05) is 18.2 Å². The van der Waals surface area contributed by atoms with Crippen molar-refractivity contribution in [1.29, 1.82) is 5.26 Å². The third kappa shape index (κ3) is 2.19. The number of phenolic OH excluding ortho intramolecular Hbond substituents is 1. The van der Waals surface area contributed by atoms with Gasteiger partial charge >= 0.3 is 0 Å². The third-order valence-electron chi connectivity index (χ3n) is 1.12. The normalized spacial score (nSPS) is 7.50. The Balaban J connectivity index is 0.000000371. The van der Waals surface area contributed by atoms with Gasteiger partial charge in [-0.2, -0.15) is 0 Å². The van der Waals surface area contributed by atoms with Gasteiger partial charge in [-0.25, -0.2) is 5.26 Å². The predicted molar refractivity (Wildman–Crippen MR) is 39.5 cm³/mol. The second kappa shape index (κ2) is 4.39. The molecule has 0 aliphatic rings. The van der Waals surface area contributed by atoms with Crippen LogP contribution in [0.3, 0.4) is 0 Å². The van der Waals surface area contributed by atoms with Crippen molar-refractivity contribution >= 4 is 0 Å². The zero-order chi connectivity index (χ0) is 7.98. The zero-order valence-corrected chi connectivity index (χ0v) is 5.78. The highest BCUT2D eigenvalue weighted by atomic mass is 16.3. The molecule has 0 bridgehead atoms. The van der Waals surface area contributed by atoms with Crippen LogP contribution in [-0.2, 0) is 0 Å². The Bertz CT molecular complexity index is 196. The molecule has 0 amide bonds. The Morgan fingerprint density at radius 3 is 2.10 bits per heavy atom. The first-order valence-electron chi connectivity index (χ1n) is 2.81. The average Bonchev–Trinajstić information content (AvgIpc) is 2.00. The first kappa shape index (κ1) is 8.51. The summed E-state index contributed by atoms with van der Waals surface area (Å²) in [5.41, 5.74) is 0.924. The zero-order valence-electron chi connectivity index (χ0n) is 5.78. The van der Waals surface area contributed by atoms with E-state index in [4.69, 9.17) is 10.4 Å². The van der Waals surface area contributed by atoms with Gasteiger partial charge in [0.15, 0.2) is 0 Å². The number of hydrogen-bond donors (Lipinski definition) is 1. The molecule has 0 aliphatic heterocycles.